The molecule has 0 N–H and O–H groups in total. The van der Waals surface area contributed by atoms with Crippen LogP contribution in [0.3, 0.4) is 0 Å². The molecule has 1 aromatic rings. The van der Waals surface area contributed by atoms with Gasteiger partial charge in [-0.25, -0.2) is 4.39 Å². The predicted molar refractivity (Wildman–Crippen MR) is 67.1 cm³/mol. The lowest BCUT2D eigenvalue weighted by Gasteiger charge is -2.03. The van der Waals surface area contributed by atoms with Crippen LogP contribution in [0.1, 0.15) is 30.9 Å². The van der Waals surface area contributed by atoms with Gasteiger partial charge in [-0.05, 0) is 48.5 Å². The molecule has 0 amide bonds. The molecule has 0 fully saturated rings. The number of aryl methyl sites for hydroxylation is 2. The predicted octanol–water partition coefficient (Wildman–Crippen LogP) is 4.21. The van der Waals surface area contributed by atoms with Gasteiger partial charge in [-0.2, -0.15) is 11.8 Å². The molecule has 0 saturated carbocycles. The van der Waals surface area contributed by atoms with Gasteiger partial charge in [0.25, 0.3) is 0 Å². The van der Waals surface area contributed by atoms with E-state index in [1.165, 1.54) is 18.6 Å². The first kappa shape index (κ1) is 12.6. The van der Waals surface area contributed by atoms with Crippen molar-refractivity contribution in [2.75, 3.05) is 11.5 Å². The van der Waals surface area contributed by atoms with E-state index in [9.17, 15) is 4.39 Å². The van der Waals surface area contributed by atoms with Crippen LogP contribution in [0.25, 0.3) is 0 Å². The third-order valence-corrected chi connectivity index (χ3v) is 3.48. The Morgan fingerprint density at radius 1 is 1.27 bits per heavy atom. The highest BCUT2D eigenvalue weighted by Crippen LogP contribution is 2.12. The Kier molecular flexibility index (Phi) is 5.77. The minimum absolute atomic E-state index is 0.0777. The molecule has 0 aliphatic heterocycles. The third kappa shape index (κ3) is 4.70. The Balaban J connectivity index is 2.28. The molecule has 1 aromatic carbocycles. The topological polar surface area (TPSA) is 0 Å². The fourth-order valence-electron chi connectivity index (χ4n) is 1.33. The van der Waals surface area contributed by atoms with Crippen molar-refractivity contribution in [1.29, 1.82) is 0 Å². The molecule has 0 nitrogen and oxygen atoms in total. The lowest BCUT2D eigenvalue weighted by atomic mass is 10.1. The van der Waals surface area contributed by atoms with Gasteiger partial charge in [0, 0.05) is 0 Å². The monoisotopic (exact) mass is 226 g/mol. The van der Waals surface area contributed by atoms with E-state index in [1.54, 1.807) is 13.0 Å². The summed E-state index contributed by atoms with van der Waals surface area (Å²) in [6.07, 6.45) is 3.52. The van der Waals surface area contributed by atoms with Gasteiger partial charge in [-0.1, -0.05) is 25.5 Å². The highest BCUT2D eigenvalue weighted by atomic mass is 32.2. The molecule has 0 radical (unpaired) electrons. The molecule has 2 heteroatoms. The number of hydrogen-bond acceptors (Lipinski definition) is 1. The smallest absolute Gasteiger partial charge is 0.126 e. The van der Waals surface area contributed by atoms with E-state index in [1.807, 2.05) is 23.9 Å². The van der Waals surface area contributed by atoms with E-state index in [2.05, 4.69) is 6.92 Å². The summed E-state index contributed by atoms with van der Waals surface area (Å²) in [5, 5.41) is 0. The summed E-state index contributed by atoms with van der Waals surface area (Å²) in [4.78, 5) is 0. The molecule has 0 aliphatic rings. The number of thioether (sulfide) groups is 1. The van der Waals surface area contributed by atoms with E-state index in [4.69, 9.17) is 0 Å². The van der Waals surface area contributed by atoms with Crippen LogP contribution in [0.2, 0.25) is 0 Å². The largest absolute Gasteiger partial charge is 0.207 e. The van der Waals surface area contributed by atoms with E-state index >= 15 is 0 Å². The second-order valence-corrected chi connectivity index (χ2v) is 5.02. The second kappa shape index (κ2) is 6.89. The van der Waals surface area contributed by atoms with Gasteiger partial charge in [0.1, 0.15) is 5.82 Å². The molecule has 0 bridgehead atoms. The van der Waals surface area contributed by atoms with Crippen molar-refractivity contribution in [3.8, 4) is 0 Å². The number of unbranched alkanes of at least 4 members (excludes halogenated alkanes) is 1. The molecule has 0 aromatic heterocycles. The molecule has 0 unspecified atom stereocenters. The Labute approximate surface area is 96.3 Å². The Morgan fingerprint density at radius 2 is 2.07 bits per heavy atom. The third-order valence-electron chi connectivity index (χ3n) is 2.41. The summed E-state index contributed by atoms with van der Waals surface area (Å²) >= 11 is 1.96. The molecule has 0 heterocycles. The van der Waals surface area contributed by atoms with E-state index in [-0.39, 0.29) is 5.82 Å². The molecule has 0 atom stereocenters. The minimum Gasteiger partial charge on any atom is -0.207 e. The lowest BCUT2D eigenvalue weighted by molar-refractivity contribution is 0.616. The molecule has 0 saturated heterocycles. The average Bonchev–Trinajstić information content (AvgIpc) is 2.23. The van der Waals surface area contributed by atoms with Crippen molar-refractivity contribution in [2.24, 2.45) is 0 Å². The Hall–Kier alpha value is -0.500. The van der Waals surface area contributed by atoms with Gasteiger partial charge >= 0.3 is 0 Å². The molecular formula is C13H19FS. The number of halogens is 1. The first-order chi connectivity index (χ1) is 7.24. The number of benzene rings is 1. The van der Waals surface area contributed by atoms with Gasteiger partial charge in [-0.3, -0.25) is 0 Å². The molecule has 0 spiro atoms. The maximum Gasteiger partial charge on any atom is 0.126 e. The van der Waals surface area contributed by atoms with Gasteiger partial charge in [0.05, 0.1) is 0 Å². The van der Waals surface area contributed by atoms with Crippen molar-refractivity contribution in [2.45, 2.75) is 33.1 Å². The van der Waals surface area contributed by atoms with Crippen LogP contribution in [-0.4, -0.2) is 11.5 Å². The second-order valence-electron chi connectivity index (χ2n) is 3.80. The van der Waals surface area contributed by atoms with Crippen molar-refractivity contribution < 1.29 is 4.39 Å². The zero-order valence-electron chi connectivity index (χ0n) is 9.55. The van der Waals surface area contributed by atoms with Crippen molar-refractivity contribution >= 4 is 11.8 Å². The van der Waals surface area contributed by atoms with Crippen molar-refractivity contribution in [1.82, 2.24) is 0 Å². The van der Waals surface area contributed by atoms with Crippen LogP contribution in [0, 0.1) is 12.7 Å². The van der Waals surface area contributed by atoms with Crippen LogP contribution >= 0.6 is 11.8 Å². The van der Waals surface area contributed by atoms with Crippen molar-refractivity contribution in [3.05, 3.63) is 35.1 Å². The highest BCUT2D eigenvalue weighted by molar-refractivity contribution is 7.99. The summed E-state index contributed by atoms with van der Waals surface area (Å²) in [5.41, 5.74) is 1.85. The molecule has 0 aliphatic carbocycles. The summed E-state index contributed by atoms with van der Waals surface area (Å²) in [6.45, 7) is 4.00. The normalized spacial score (nSPS) is 10.6. The maximum absolute atomic E-state index is 13.2. The van der Waals surface area contributed by atoms with Crippen LogP contribution < -0.4 is 0 Å². The van der Waals surface area contributed by atoms with Crippen LogP contribution in [-0.2, 0) is 6.42 Å². The number of rotatable bonds is 6. The lowest BCUT2D eigenvalue weighted by Crippen LogP contribution is -1.92. The quantitative estimate of drug-likeness (QED) is 0.655. The maximum atomic E-state index is 13.2. The molecule has 1 rings (SSSR count). The first-order valence-corrected chi connectivity index (χ1v) is 6.72. The van der Waals surface area contributed by atoms with E-state index < -0.39 is 0 Å². The summed E-state index contributed by atoms with van der Waals surface area (Å²) in [6, 6.07) is 5.55. The van der Waals surface area contributed by atoms with E-state index in [0.717, 1.165) is 23.3 Å². The number of hydrogen-bond donors (Lipinski definition) is 0. The highest BCUT2D eigenvalue weighted by Gasteiger charge is 1.99. The zero-order chi connectivity index (χ0) is 11.1. The van der Waals surface area contributed by atoms with Gasteiger partial charge in [0.15, 0.2) is 0 Å². The van der Waals surface area contributed by atoms with Gasteiger partial charge < -0.3 is 0 Å². The first-order valence-electron chi connectivity index (χ1n) is 5.57. The molecular weight excluding hydrogens is 207 g/mol. The minimum atomic E-state index is -0.0777. The van der Waals surface area contributed by atoms with Crippen LogP contribution in [0.5, 0.6) is 0 Å². The molecule has 15 heavy (non-hydrogen) atoms. The van der Waals surface area contributed by atoms with E-state index in [0.29, 0.717) is 0 Å². The Bertz CT molecular complexity index is 297. The zero-order valence-corrected chi connectivity index (χ0v) is 10.4. The van der Waals surface area contributed by atoms with Crippen LogP contribution in [0.4, 0.5) is 4.39 Å². The van der Waals surface area contributed by atoms with Crippen LogP contribution in [0.15, 0.2) is 18.2 Å². The summed E-state index contributed by atoms with van der Waals surface area (Å²) in [5.74, 6) is 2.25. The van der Waals surface area contributed by atoms with Gasteiger partial charge in [-0.15, -0.1) is 0 Å². The standard InChI is InChI=1S/C13H19FS/c1-3-4-8-15-9-7-12-6-5-11(2)13(14)10-12/h5-6,10H,3-4,7-9H2,1-2H3. The molecule has 84 valence electrons. The summed E-state index contributed by atoms with van der Waals surface area (Å²) in [7, 11) is 0. The fourth-order valence-corrected chi connectivity index (χ4v) is 2.41. The SMILES string of the molecule is CCCCSCCc1ccc(C)c(F)c1. The van der Waals surface area contributed by atoms with Crippen molar-refractivity contribution in [3.63, 3.8) is 0 Å². The summed E-state index contributed by atoms with van der Waals surface area (Å²) < 4.78 is 13.2. The fraction of sp³-hybridized carbons (Fsp3) is 0.538. The van der Waals surface area contributed by atoms with Gasteiger partial charge in [0.2, 0.25) is 0 Å². The Morgan fingerprint density at radius 3 is 2.73 bits per heavy atom. The average molecular weight is 226 g/mol.